The highest BCUT2D eigenvalue weighted by Crippen LogP contribution is 2.21. The van der Waals surface area contributed by atoms with Crippen molar-refractivity contribution in [3.63, 3.8) is 0 Å². The van der Waals surface area contributed by atoms with E-state index in [1.807, 2.05) is 13.8 Å². The fraction of sp³-hybridized carbons (Fsp3) is 0.250. The van der Waals surface area contributed by atoms with Gasteiger partial charge in [-0.15, -0.1) is 0 Å². The smallest absolute Gasteiger partial charge is 0.336 e. The van der Waals surface area contributed by atoms with E-state index in [1.54, 1.807) is 36.5 Å². The van der Waals surface area contributed by atoms with Crippen molar-refractivity contribution in [2.24, 2.45) is 0 Å². The molecular weight excluding hydrogens is 400 g/mol. The number of hydrogen-bond donors (Lipinski definition) is 0. The predicted molar refractivity (Wildman–Crippen MR) is 135 cm³/mol. The van der Waals surface area contributed by atoms with Gasteiger partial charge < -0.3 is 14.2 Å². The van der Waals surface area contributed by atoms with E-state index in [1.165, 1.54) is 19.3 Å². The largest absolute Gasteiger partial charge is 0.497 e. The van der Waals surface area contributed by atoms with Gasteiger partial charge in [0.05, 0.1) is 7.11 Å². The Labute approximate surface area is 193 Å². The normalized spacial score (nSPS) is 11.8. The molecule has 4 heteroatoms. The molecule has 4 nitrogen and oxygen atoms in total. The lowest BCUT2D eigenvalue weighted by atomic mass is 10.0. The molecule has 0 aromatic heterocycles. The molecule has 0 spiro atoms. The maximum Gasteiger partial charge on any atom is 0.336 e. The molecule has 0 aliphatic heterocycles. The Bertz CT molecular complexity index is 873. The monoisotopic (exact) mass is 436 g/mol. The topological polar surface area (TPSA) is 44.8 Å². The standard InChI is InChI=1S/C28H36O4/c1-11-20-28(8,9)32-26(7)18-15-23(4)22(3)14-17-25(6)31-27(29)19-13-21(2)12-16-24(5)30-10/h12-19H,2-7,11,20H2,1,8-10H3/b16-12-,17-14-,18-15-,19-13+. The van der Waals surface area contributed by atoms with Gasteiger partial charge in [-0.1, -0.05) is 71.0 Å². The number of ether oxygens (including phenoxy) is 3. The van der Waals surface area contributed by atoms with Crippen LogP contribution in [0.4, 0.5) is 0 Å². The van der Waals surface area contributed by atoms with Crippen LogP contribution in [-0.2, 0) is 19.0 Å². The summed E-state index contributed by atoms with van der Waals surface area (Å²) in [6, 6.07) is 0. The third-order valence-electron chi connectivity index (χ3n) is 4.02. The average molecular weight is 437 g/mol. The SMILES string of the molecule is C=C(/C=C\C(=C)OC)/C=C/C(=O)OC(=C)/C=C\C(=C)C(=C)/C=C\C(=C)OC(C)(C)CCC. The lowest BCUT2D eigenvalue weighted by Crippen LogP contribution is -2.22. The van der Waals surface area contributed by atoms with Gasteiger partial charge in [0.25, 0.3) is 0 Å². The van der Waals surface area contributed by atoms with Crippen LogP contribution in [0, 0.1) is 0 Å². The van der Waals surface area contributed by atoms with Gasteiger partial charge in [-0.25, -0.2) is 4.79 Å². The summed E-state index contributed by atoms with van der Waals surface area (Å²) in [5.74, 6) is 0.622. The van der Waals surface area contributed by atoms with Crippen LogP contribution in [0.2, 0.25) is 0 Å². The summed E-state index contributed by atoms with van der Waals surface area (Å²) in [6.45, 7) is 29.2. The van der Waals surface area contributed by atoms with Gasteiger partial charge in [-0.2, -0.15) is 0 Å². The first-order valence-electron chi connectivity index (χ1n) is 10.2. The van der Waals surface area contributed by atoms with Crippen LogP contribution < -0.4 is 0 Å². The third-order valence-corrected chi connectivity index (χ3v) is 4.02. The van der Waals surface area contributed by atoms with Gasteiger partial charge in [-0.05, 0) is 61.3 Å². The number of rotatable bonds is 15. The van der Waals surface area contributed by atoms with Gasteiger partial charge in [-0.3, -0.25) is 0 Å². The summed E-state index contributed by atoms with van der Waals surface area (Å²) in [5, 5.41) is 0. The maximum absolute atomic E-state index is 11.9. The first-order chi connectivity index (χ1) is 14.9. The Morgan fingerprint density at radius 3 is 1.78 bits per heavy atom. The van der Waals surface area contributed by atoms with Gasteiger partial charge in [0.15, 0.2) is 0 Å². The van der Waals surface area contributed by atoms with Crippen molar-refractivity contribution in [2.45, 2.75) is 39.2 Å². The zero-order valence-corrected chi connectivity index (χ0v) is 19.9. The van der Waals surface area contributed by atoms with Crippen LogP contribution in [0.5, 0.6) is 0 Å². The molecular formula is C28H36O4. The lowest BCUT2D eigenvalue weighted by molar-refractivity contribution is -0.133. The second-order valence-electron chi connectivity index (χ2n) is 7.59. The number of esters is 1. The number of allylic oxidation sites excluding steroid dienone is 10. The first-order valence-corrected chi connectivity index (χ1v) is 10.2. The van der Waals surface area contributed by atoms with Gasteiger partial charge in [0.1, 0.15) is 22.9 Å². The molecule has 0 N–H and O–H groups in total. The predicted octanol–water partition coefficient (Wildman–Crippen LogP) is 7.21. The highest BCUT2D eigenvalue weighted by molar-refractivity contribution is 5.83. The Hall–Kier alpha value is -3.53. The van der Waals surface area contributed by atoms with Crippen LogP contribution in [0.25, 0.3) is 0 Å². The van der Waals surface area contributed by atoms with E-state index in [0.717, 1.165) is 12.8 Å². The van der Waals surface area contributed by atoms with Crippen molar-refractivity contribution in [1.82, 2.24) is 0 Å². The summed E-state index contributed by atoms with van der Waals surface area (Å²) in [4.78, 5) is 11.9. The van der Waals surface area contributed by atoms with Crippen molar-refractivity contribution in [1.29, 1.82) is 0 Å². The fourth-order valence-electron chi connectivity index (χ4n) is 2.34. The number of hydrogen-bond acceptors (Lipinski definition) is 4. The molecule has 0 rings (SSSR count). The molecule has 0 saturated carbocycles. The average Bonchev–Trinajstić information content (AvgIpc) is 2.71. The number of methoxy groups -OCH3 is 1. The molecule has 0 amide bonds. The summed E-state index contributed by atoms with van der Waals surface area (Å²) in [6.07, 6.45) is 14.8. The summed E-state index contributed by atoms with van der Waals surface area (Å²) >= 11 is 0. The van der Waals surface area contributed by atoms with Crippen molar-refractivity contribution < 1.29 is 19.0 Å². The first kappa shape index (κ1) is 28.5. The highest BCUT2D eigenvalue weighted by atomic mass is 16.5. The third kappa shape index (κ3) is 13.6. The van der Waals surface area contributed by atoms with E-state index in [0.29, 0.717) is 28.2 Å². The molecule has 0 fully saturated rings. The Morgan fingerprint density at radius 1 is 0.750 bits per heavy atom. The molecule has 0 atom stereocenters. The minimum atomic E-state index is -0.577. The van der Waals surface area contributed by atoms with Gasteiger partial charge in [0.2, 0.25) is 0 Å². The minimum Gasteiger partial charge on any atom is -0.497 e. The quantitative estimate of drug-likeness (QED) is 0.118. The van der Waals surface area contributed by atoms with E-state index >= 15 is 0 Å². The second-order valence-corrected chi connectivity index (χ2v) is 7.59. The van der Waals surface area contributed by atoms with Gasteiger partial charge >= 0.3 is 5.97 Å². The summed E-state index contributed by atoms with van der Waals surface area (Å²) < 4.78 is 15.9. The molecule has 0 aromatic rings. The molecule has 0 aromatic carbocycles. The molecule has 32 heavy (non-hydrogen) atoms. The van der Waals surface area contributed by atoms with Crippen LogP contribution in [0.3, 0.4) is 0 Å². The molecule has 0 bridgehead atoms. The van der Waals surface area contributed by atoms with Crippen molar-refractivity contribution in [2.75, 3.05) is 7.11 Å². The summed E-state index contributed by atoms with van der Waals surface area (Å²) in [5.41, 5.74) is 1.61. The summed E-state index contributed by atoms with van der Waals surface area (Å²) in [7, 11) is 1.52. The van der Waals surface area contributed by atoms with Gasteiger partial charge in [0, 0.05) is 6.08 Å². The Kier molecular flexibility index (Phi) is 12.9. The Morgan fingerprint density at radius 2 is 1.25 bits per heavy atom. The molecule has 0 aliphatic carbocycles. The van der Waals surface area contributed by atoms with E-state index in [2.05, 4.69) is 46.4 Å². The van der Waals surface area contributed by atoms with Crippen LogP contribution >= 0.6 is 0 Å². The fourth-order valence-corrected chi connectivity index (χ4v) is 2.34. The minimum absolute atomic E-state index is 0.167. The van der Waals surface area contributed by atoms with Crippen LogP contribution in [-0.4, -0.2) is 18.7 Å². The number of carbonyl (C=O) groups excluding carboxylic acids is 1. The maximum atomic E-state index is 11.9. The van der Waals surface area contributed by atoms with Crippen molar-refractivity contribution in [3.8, 4) is 0 Å². The van der Waals surface area contributed by atoms with Crippen LogP contribution in [0.1, 0.15) is 33.6 Å². The van der Waals surface area contributed by atoms with E-state index in [4.69, 9.17) is 14.2 Å². The lowest BCUT2D eigenvalue weighted by Gasteiger charge is -2.26. The Balaban J connectivity index is 4.65. The highest BCUT2D eigenvalue weighted by Gasteiger charge is 2.17. The van der Waals surface area contributed by atoms with Crippen molar-refractivity contribution >= 4 is 5.97 Å². The molecule has 172 valence electrons. The molecule has 0 radical (unpaired) electrons. The number of carbonyl (C=O) groups is 1. The van der Waals surface area contributed by atoms with E-state index in [-0.39, 0.29) is 11.4 Å². The van der Waals surface area contributed by atoms with E-state index in [9.17, 15) is 4.79 Å². The zero-order valence-electron chi connectivity index (χ0n) is 19.9. The molecule has 0 unspecified atom stereocenters. The molecule has 0 saturated heterocycles. The van der Waals surface area contributed by atoms with Crippen LogP contribution in [0.15, 0.2) is 122 Å². The molecule has 0 aliphatic rings. The van der Waals surface area contributed by atoms with Crippen molar-refractivity contribution in [3.05, 3.63) is 122 Å². The second kappa shape index (κ2) is 14.5. The zero-order chi connectivity index (χ0) is 24.7. The van der Waals surface area contributed by atoms with E-state index < -0.39 is 5.97 Å². The molecule has 0 heterocycles.